The number of carbonyl (C=O) groups is 1. The van der Waals surface area contributed by atoms with E-state index in [0.717, 1.165) is 44.9 Å². The molecule has 0 aromatic rings. The maximum atomic E-state index is 12.6. The second-order valence-corrected chi connectivity index (χ2v) is 9.97. The molecule has 0 spiro atoms. The van der Waals surface area contributed by atoms with Crippen LogP contribution in [0.25, 0.3) is 0 Å². The molecule has 2 bridgehead atoms. The Morgan fingerprint density at radius 1 is 1.17 bits per heavy atom. The molecule has 30 heavy (non-hydrogen) atoms. The van der Waals surface area contributed by atoms with E-state index in [1.165, 1.54) is 0 Å². The van der Waals surface area contributed by atoms with Crippen LogP contribution in [0.2, 0.25) is 0 Å². The van der Waals surface area contributed by atoms with Gasteiger partial charge in [0.15, 0.2) is 0 Å². The van der Waals surface area contributed by atoms with Crippen molar-refractivity contribution in [2.75, 3.05) is 6.61 Å². The number of esters is 1. The Morgan fingerprint density at radius 2 is 1.90 bits per heavy atom. The number of ether oxygens (including phenoxy) is 2. The Balaban J connectivity index is 2.12. The van der Waals surface area contributed by atoms with Crippen molar-refractivity contribution in [3.8, 4) is 0 Å². The largest absolute Gasteiger partial charge is 0.462 e. The Labute approximate surface area is 183 Å². The van der Waals surface area contributed by atoms with Gasteiger partial charge in [-0.1, -0.05) is 59.1 Å². The molecule has 2 N–H and O–H groups in total. The zero-order valence-corrected chi connectivity index (χ0v) is 19.5. The fraction of sp³-hybridized carbons (Fsp3) is 0.880. The van der Waals surface area contributed by atoms with Crippen molar-refractivity contribution in [1.82, 2.24) is 0 Å². The monoisotopic (exact) mass is 424 g/mol. The Bertz CT molecular complexity index is 548. The summed E-state index contributed by atoms with van der Waals surface area (Å²) in [6, 6.07) is 0. The highest BCUT2D eigenvalue weighted by molar-refractivity contribution is 5.72. The molecule has 2 aliphatic heterocycles. The number of fused-ring (bicyclic) bond motifs is 2. The van der Waals surface area contributed by atoms with Crippen LogP contribution in [0.1, 0.15) is 91.9 Å². The summed E-state index contributed by atoms with van der Waals surface area (Å²) in [5, 5.41) is 20.9. The summed E-state index contributed by atoms with van der Waals surface area (Å²) in [6.07, 6.45) is 12.7. The molecule has 0 aromatic carbocycles. The topological polar surface area (TPSA) is 76.0 Å². The molecule has 1 saturated heterocycles. The van der Waals surface area contributed by atoms with E-state index in [9.17, 15) is 15.0 Å². The SMILES string of the molecule is CCC[C@@H]1CC(O)(CO)C[C@@H](C)/C=C\C[C@H]2C[C@H](C)[C@H](CCCC[C@H](C)C(=O)O1)O2. The van der Waals surface area contributed by atoms with E-state index in [0.29, 0.717) is 24.9 Å². The third-order valence-corrected chi connectivity index (χ3v) is 6.78. The maximum Gasteiger partial charge on any atom is 0.308 e. The first-order valence-electron chi connectivity index (χ1n) is 12.1. The van der Waals surface area contributed by atoms with Crippen molar-refractivity contribution in [3.05, 3.63) is 12.2 Å². The van der Waals surface area contributed by atoms with Gasteiger partial charge in [0.05, 0.1) is 30.3 Å². The van der Waals surface area contributed by atoms with Crippen LogP contribution in [0.3, 0.4) is 0 Å². The van der Waals surface area contributed by atoms with Crippen LogP contribution in [0, 0.1) is 17.8 Å². The van der Waals surface area contributed by atoms with Gasteiger partial charge in [-0.2, -0.15) is 0 Å². The van der Waals surface area contributed by atoms with Crippen molar-refractivity contribution in [2.45, 2.75) is 116 Å². The second kappa shape index (κ2) is 12.2. The lowest BCUT2D eigenvalue weighted by atomic mass is 9.86. The van der Waals surface area contributed by atoms with Gasteiger partial charge >= 0.3 is 5.97 Å². The predicted molar refractivity (Wildman–Crippen MR) is 119 cm³/mol. The molecule has 5 heteroatoms. The summed E-state index contributed by atoms with van der Waals surface area (Å²) < 4.78 is 12.1. The number of hydrogen-bond acceptors (Lipinski definition) is 5. The van der Waals surface area contributed by atoms with Crippen molar-refractivity contribution < 1.29 is 24.5 Å². The highest BCUT2D eigenvalue weighted by atomic mass is 16.5. The molecule has 7 atom stereocenters. The molecule has 0 radical (unpaired) electrons. The lowest BCUT2D eigenvalue weighted by molar-refractivity contribution is -0.158. The van der Waals surface area contributed by atoms with Crippen LogP contribution >= 0.6 is 0 Å². The Hall–Kier alpha value is -0.910. The zero-order chi connectivity index (χ0) is 22.1. The van der Waals surface area contributed by atoms with Crippen LogP contribution in [-0.4, -0.2) is 46.7 Å². The summed E-state index contributed by atoms with van der Waals surface area (Å²) in [5.74, 6) is 0.350. The molecule has 0 saturated carbocycles. The fourth-order valence-corrected chi connectivity index (χ4v) is 4.99. The normalized spacial score (nSPS) is 40.9. The summed E-state index contributed by atoms with van der Waals surface area (Å²) >= 11 is 0. The molecule has 2 aliphatic rings. The Morgan fingerprint density at radius 3 is 2.60 bits per heavy atom. The quantitative estimate of drug-likeness (QED) is 0.503. The molecule has 2 heterocycles. The average Bonchev–Trinajstić information content (AvgIpc) is 3.03. The van der Waals surface area contributed by atoms with Gasteiger partial charge in [0.1, 0.15) is 6.10 Å². The first-order chi connectivity index (χ1) is 14.3. The molecule has 0 amide bonds. The van der Waals surface area contributed by atoms with Gasteiger partial charge in [-0.3, -0.25) is 4.79 Å². The first-order valence-corrected chi connectivity index (χ1v) is 12.1. The minimum atomic E-state index is -1.25. The number of rotatable bonds is 3. The first kappa shape index (κ1) is 25.4. The van der Waals surface area contributed by atoms with E-state index < -0.39 is 5.60 Å². The van der Waals surface area contributed by atoms with Gasteiger partial charge in [-0.25, -0.2) is 0 Å². The summed E-state index contributed by atoms with van der Waals surface area (Å²) in [4.78, 5) is 12.6. The highest BCUT2D eigenvalue weighted by Gasteiger charge is 2.34. The van der Waals surface area contributed by atoms with Crippen molar-refractivity contribution in [2.24, 2.45) is 17.8 Å². The van der Waals surface area contributed by atoms with E-state index >= 15 is 0 Å². The van der Waals surface area contributed by atoms with E-state index in [4.69, 9.17) is 9.47 Å². The number of cyclic esters (lactones) is 1. The lowest BCUT2D eigenvalue weighted by Gasteiger charge is -2.32. The third-order valence-electron chi connectivity index (χ3n) is 6.78. The molecular formula is C25H44O5. The molecule has 1 unspecified atom stereocenters. The number of allylic oxidation sites excluding steroid dienone is 1. The summed E-state index contributed by atoms with van der Waals surface area (Å²) in [7, 11) is 0. The summed E-state index contributed by atoms with van der Waals surface area (Å²) in [6.45, 7) is 7.97. The molecular weight excluding hydrogens is 380 g/mol. The number of aliphatic hydroxyl groups excluding tert-OH is 1. The number of hydrogen-bond donors (Lipinski definition) is 2. The second-order valence-electron chi connectivity index (χ2n) is 9.97. The van der Waals surface area contributed by atoms with Gasteiger partial charge in [0, 0.05) is 6.42 Å². The molecule has 174 valence electrons. The molecule has 5 nitrogen and oxygen atoms in total. The highest BCUT2D eigenvalue weighted by Crippen LogP contribution is 2.32. The molecule has 2 rings (SSSR count). The zero-order valence-electron chi connectivity index (χ0n) is 19.5. The van der Waals surface area contributed by atoms with E-state index in [1.54, 1.807) is 0 Å². The van der Waals surface area contributed by atoms with Gasteiger partial charge in [-0.05, 0) is 50.4 Å². The van der Waals surface area contributed by atoms with Crippen molar-refractivity contribution in [3.63, 3.8) is 0 Å². The van der Waals surface area contributed by atoms with Crippen LogP contribution < -0.4 is 0 Å². The smallest absolute Gasteiger partial charge is 0.308 e. The van der Waals surface area contributed by atoms with Gasteiger partial charge in [0.25, 0.3) is 0 Å². The van der Waals surface area contributed by atoms with Gasteiger partial charge in [0.2, 0.25) is 0 Å². The van der Waals surface area contributed by atoms with E-state index in [2.05, 4.69) is 26.0 Å². The van der Waals surface area contributed by atoms with Crippen molar-refractivity contribution in [1.29, 1.82) is 0 Å². The predicted octanol–water partition coefficient (Wildman–Crippen LogP) is 4.79. The lowest BCUT2D eigenvalue weighted by Crippen LogP contribution is -2.40. The average molecular weight is 425 g/mol. The fourth-order valence-electron chi connectivity index (χ4n) is 4.99. The van der Waals surface area contributed by atoms with Crippen LogP contribution in [-0.2, 0) is 14.3 Å². The van der Waals surface area contributed by atoms with Crippen molar-refractivity contribution >= 4 is 5.97 Å². The molecule has 0 aliphatic carbocycles. The number of aliphatic hydroxyl groups is 2. The van der Waals surface area contributed by atoms with Crippen LogP contribution in [0.15, 0.2) is 12.2 Å². The maximum absolute atomic E-state index is 12.6. The van der Waals surface area contributed by atoms with E-state index in [1.807, 2.05) is 13.8 Å². The standard InChI is InChI=1S/C25H44O5/c1-5-9-22-16-25(28,17-26)15-18(2)10-8-12-21-14-20(4)23(29-21)13-7-6-11-19(3)24(27)30-22/h8,10,18-23,26,28H,5-7,9,11-17H2,1-4H3/b10-8-/t18-,19-,20-,21-,22+,23-,25?/m0/s1. The minimum Gasteiger partial charge on any atom is -0.462 e. The Kier molecular flexibility index (Phi) is 10.3. The summed E-state index contributed by atoms with van der Waals surface area (Å²) in [5.41, 5.74) is -1.25. The molecule has 1 fully saturated rings. The third kappa shape index (κ3) is 7.97. The van der Waals surface area contributed by atoms with Gasteiger partial charge < -0.3 is 19.7 Å². The van der Waals surface area contributed by atoms with Gasteiger partial charge in [-0.15, -0.1) is 0 Å². The van der Waals surface area contributed by atoms with Crippen LogP contribution in [0.4, 0.5) is 0 Å². The minimum absolute atomic E-state index is 0.118. The van der Waals surface area contributed by atoms with Crippen LogP contribution in [0.5, 0.6) is 0 Å². The van der Waals surface area contributed by atoms with E-state index in [-0.39, 0.29) is 43.0 Å². The number of carbonyl (C=O) groups excluding carboxylic acids is 1. The molecule has 0 aromatic heterocycles.